The van der Waals surface area contributed by atoms with Gasteiger partial charge in [-0.2, -0.15) is 0 Å². The molecule has 0 atom stereocenters. The summed E-state index contributed by atoms with van der Waals surface area (Å²) in [4.78, 5) is -0.571. The highest BCUT2D eigenvalue weighted by atomic mass is 35.5. The molecule has 0 spiro atoms. The minimum Gasteiger partial charge on any atom is -0.115 e. The maximum Gasteiger partial charge on any atom is 0.0570 e. The van der Waals surface area contributed by atoms with E-state index in [1.54, 1.807) is 0 Å². The first-order valence-electron chi connectivity index (χ1n) is 3.29. The normalized spacial score (nSPS) is 14.6. The van der Waals surface area contributed by atoms with Gasteiger partial charge in [-0.15, -0.1) is 23.2 Å². The Kier molecular flexibility index (Phi) is 3.25. The molecule has 0 saturated carbocycles. The Hall–Kier alpha value is 0.320. The van der Waals surface area contributed by atoms with Gasteiger partial charge in [0.2, 0.25) is 0 Å². The molecule has 2 heteroatoms. The molecule has 0 aliphatic carbocycles. The summed E-state index contributed by atoms with van der Waals surface area (Å²) in [5, 5.41) is 0. The average molecular weight is 181 g/mol. The Labute approximate surface area is 73.2 Å². The third kappa shape index (κ3) is 8.32. The average Bonchev–Trinajstić information content (AvgIpc) is 1.57. The topological polar surface area (TPSA) is 0 Å². The van der Waals surface area contributed by atoms with Gasteiger partial charge in [0, 0.05) is 0 Å². The van der Waals surface area contributed by atoms with Gasteiger partial charge < -0.3 is 0 Å². The van der Waals surface area contributed by atoms with E-state index in [4.69, 9.17) is 23.2 Å². The van der Waals surface area contributed by atoms with Gasteiger partial charge in [0.1, 0.15) is 0 Å². The highest BCUT2D eigenvalue weighted by molar-refractivity contribution is 6.26. The van der Waals surface area contributed by atoms with Crippen molar-refractivity contribution in [3.8, 4) is 0 Å². The van der Waals surface area contributed by atoms with Crippen molar-refractivity contribution in [2.24, 2.45) is 0 Å². The monoisotopic (exact) mass is 180 g/mol. The molecular formula is C8H14Cl2. The fourth-order valence-electron chi connectivity index (χ4n) is 0.396. The van der Waals surface area contributed by atoms with E-state index in [9.17, 15) is 0 Å². The molecule has 60 valence electrons. The van der Waals surface area contributed by atoms with E-state index in [0.29, 0.717) is 0 Å². The molecule has 0 saturated heterocycles. The lowest BCUT2D eigenvalue weighted by Crippen LogP contribution is -2.10. The molecule has 0 N–H and O–H groups in total. The second kappa shape index (κ2) is 3.15. The van der Waals surface area contributed by atoms with E-state index >= 15 is 0 Å². The smallest absolute Gasteiger partial charge is 0.0570 e. The van der Waals surface area contributed by atoms with Crippen LogP contribution in [0.1, 0.15) is 27.7 Å². The third-order valence-corrected chi connectivity index (χ3v) is 1.13. The molecule has 0 unspecified atom stereocenters. The summed E-state index contributed by atoms with van der Waals surface area (Å²) in [6, 6.07) is 0. The van der Waals surface area contributed by atoms with Crippen LogP contribution in [0.25, 0.3) is 0 Å². The summed E-state index contributed by atoms with van der Waals surface area (Å²) in [6.07, 6.45) is 3.81. The first-order valence-corrected chi connectivity index (χ1v) is 4.04. The molecule has 0 nitrogen and oxygen atoms in total. The van der Waals surface area contributed by atoms with Crippen molar-refractivity contribution in [2.75, 3.05) is 0 Å². The first kappa shape index (κ1) is 10.3. The third-order valence-electron chi connectivity index (χ3n) is 0.876. The quantitative estimate of drug-likeness (QED) is 0.451. The van der Waals surface area contributed by atoms with Crippen molar-refractivity contribution in [1.29, 1.82) is 0 Å². The van der Waals surface area contributed by atoms with Crippen LogP contribution in [0.15, 0.2) is 12.2 Å². The Morgan fingerprint density at radius 3 is 1.10 bits per heavy atom. The number of hydrogen-bond donors (Lipinski definition) is 0. The molecule has 0 heterocycles. The zero-order chi connectivity index (χ0) is 8.41. The molecular weight excluding hydrogens is 167 g/mol. The Bertz CT molecular complexity index is 107. The molecule has 0 rings (SSSR count). The van der Waals surface area contributed by atoms with Crippen molar-refractivity contribution in [2.45, 2.75) is 37.4 Å². The van der Waals surface area contributed by atoms with Crippen molar-refractivity contribution in [3.63, 3.8) is 0 Å². The van der Waals surface area contributed by atoms with Crippen LogP contribution in [0.5, 0.6) is 0 Å². The predicted molar refractivity (Wildman–Crippen MR) is 49.0 cm³/mol. The maximum atomic E-state index is 5.89. The minimum absolute atomic E-state index is 0.286. The molecule has 0 aromatic rings. The largest absolute Gasteiger partial charge is 0.115 e. The summed E-state index contributed by atoms with van der Waals surface area (Å²) in [5.41, 5.74) is 0. The van der Waals surface area contributed by atoms with E-state index in [0.717, 1.165) is 0 Å². The van der Waals surface area contributed by atoms with E-state index < -0.39 is 0 Å². The molecule has 0 aromatic carbocycles. The SMILES string of the molecule is CC(C)(Cl)/C=C/C(C)(C)Cl. The van der Waals surface area contributed by atoms with Crippen LogP contribution in [0, 0.1) is 0 Å². The van der Waals surface area contributed by atoms with Crippen LogP contribution < -0.4 is 0 Å². The van der Waals surface area contributed by atoms with Gasteiger partial charge in [0.05, 0.1) is 9.75 Å². The zero-order valence-electron chi connectivity index (χ0n) is 6.91. The predicted octanol–water partition coefficient (Wildman–Crippen LogP) is 3.58. The number of allylic oxidation sites excluding steroid dienone is 2. The fraction of sp³-hybridized carbons (Fsp3) is 0.750. The standard InChI is InChI=1S/C8H14Cl2/c1-7(2,9)5-6-8(3,4)10/h5-6H,1-4H3/b6-5+. The van der Waals surface area contributed by atoms with Gasteiger partial charge in [0.25, 0.3) is 0 Å². The zero-order valence-corrected chi connectivity index (χ0v) is 8.42. The van der Waals surface area contributed by atoms with Crippen LogP contribution in [-0.2, 0) is 0 Å². The molecule has 0 fully saturated rings. The summed E-state index contributed by atoms with van der Waals surface area (Å²) >= 11 is 11.8. The molecule has 0 amide bonds. The van der Waals surface area contributed by atoms with Crippen LogP contribution in [-0.4, -0.2) is 9.75 Å². The summed E-state index contributed by atoms with van der Waals surface area (Å²) in [5.74, 6) is 0. The molecule has 0 aliphatic rings. The molecule has 0 aromatic heterocycles. The lowest BCUT2D eigenvalue weighted by Gasteiger charge is -2.13. The number of hydrogen-bond acceptors (Lipinski definition) is 0. The molecule has 0 aliphatic heterocycles. The van der Waals surface area contributed by atoms with Crippen LogP contribution in [0.2, 0.25) is 0 Å². The van der Waals surface area contributed by atoms with Crippen molar-refractivity contribution in [1.82, 2.24) is 0 Å². The van der Waals surface area contributed by atoms with Crippen molar-refractivity contribution < 1.29 is 0 Å². The van der Waals surface area contributed by atoms with Crippen LogP contribution in [0.3, 0.4) is 0 Å². The van der Waals surface area contributed by atoms with E-state index in [2.05, 4.69) is 0 Å². The van der Waals surface area contributed by atoms with Crippen molar-refractivity contribution >= 4 is 23.2 Å². The molecule has 0 bridgehead atoms. The summed E-state index contributed by atoms with van der Waals surface area (Å²) in [6.45, 7) is 7.70. The highest BCUT2D eigenvalue weighted by Gasteiger charge is 2.12. The van der Waals surface area contributed by atoms with Gasteiger partial charge in [-0.3, -0.25) is 0 Å². The van der Waals surface area contributed by atoms with Gasteiger partial charge in [0.15, 0.2) is 0 Å². The second-order valence-electron chi connectivity index (χ2n) is 3.46. The van der Waals surface area contributed by atoms with Crippen molar-refractivity contribution in [3.05, 3.63) is 12.2 Å². The summed E-state index contributed by atoms with van der Waals surface area (Å²) < 4.78 is 0. The number of halogens is 2. The van der Waals surface area contributed by atoms with Crippen LogP contribution >= 0.6 is 23.2 Å². The Morgan fingerprint density at radius 1 is 0.800 bits per heavy atom. The molecule has 10 heavy (non-hydrogen) atoms. The van der Waals surface area contributed by atoms with E-state index in [1.165, 1.54) is 0 Å². The highest BCUT2D eigenvalue weighted by Crippen LogP contribution is 2.20. The van der Waals surface area contributed by atoms with Gasteiger partial charge >= 0.3 is 0 Å². The van der Waals surface area contributed by atoms with Gasteiger partial charge in [-0.1, -0.05) is 12.2 Å². The minimum atomic E-state index is -0.286. The fourth-order valence-corrected chi connectivity index (χ4v) is 0.522. The Balaban J connectivity index is 4.01. The van der Waals surface area contributed by atoms with E-state index in [1.807, 2.05) is 39.8 Å². The Morgan fingerprint density at radius 2 is 1.00 bits per heavy atom. The van der Waals surface area contributed by atoms with Gasteiger partial charge in [-0.05, 0) is 27.7 Å². The lowest BCUT2D eigenvalue weighted by molar-refractivity contribution is 0.831. The number of rotatable bonds is 2. The van der Waals surface area contributed by atoms with Gasteiger partial charge in [-0.25, -0.2) is 0 Å². The lowest BCUT2D eigenvalue weighted by atomic mass is 10.1. The summed E-state index contributed by atoms with van der Waals surface area (Å²) in [7, 11) is 0. The first-order chi connectivity index (χ1) is 4.21. The number of alkyl halides is 2. The van der Waals surface area contributed by atoms with E-state index in [-0.39, 0.29) is 9.75 Å². The molecule has 0 radical (unpaired) electrons. The maximum absolute atomic E-state index is 5.89. The second-order valence-corrected chi connectivity index (χ2v) is 5.41. The van der Waals surface area contributed by atoms with Crippen LogP contribution in [0.4, 0.5) is 0 Å².